The van der Waals surface area contributed by atoms with Crippen LogP contribution in [-0.4, -0.2) is 29.4 Å². The fourth-order valence-corrected chi connectivity index (χ4v) is 1.48. The van der Waals surface area contributed by atoms with E-state index in [2.05, 4.69) is 11.9 Å². The zero-order valence-corrected chi connectivity index (χ0v) is 11.1. The second-order valence-corrected chi connectivity index (χ2v) is 4.76. The molecular formula is C13H23NO3. The van der Waals surface area contributed by atoms with E-state index in [1.54, 1.807) is 6.92 Å². The number of nitrogens with one attached hydrogen (secondary N) is 1. The maximum atomic E-state index is 11.1. The first-order valence-electron chi connectivity index (χ1n) is 5.90. The SMILES string of the molecule is C=C(C(C)C)C(CNC(C)C(C)=O)CC(=O)O. The van der Waals surface area contributed by atoms with Crippen molar-refractivity contribution in [1.82, 2.24) is 5.32 Å². The molecule has 0 heterocycles. The molecule has 0 aliphatic rings. The number of aliphatic carboxylic acids is 1. The highest BCUT2D eigenvalue weighted by atomic mass is 16.4. The summed E-state index contributed by atoms with van der Waals surface area (Å²) in [6.45, 7) is 11.7. The lowest BCUT2D eigenvalue weighted by molar-refractivity contribution is -0.137. The minimum absolute atomic E-state index is 0.0502. The summed E-state index contributed by atoms with van der Waals surface area (Å²) in [5.74, 6) is -0.675. The van der Waals surface area contributed by atoms with Gasteiger partial charge in [-0.15, -0.1) is 0 Å². The lowest BCUT2D eigenvalue weighted by Gasteiger charge is -2.22. The van der Waals surface area contributed by atoms with E-state index in [0.29, 0.717) is 6.54 Å². The highest BCUT2D eigenvalue weighted by Gasteiger charge is 2.20. The number of ketones is 1. The van der Waals surface area contributed by atoms with Gasteiger partial charge in [0.05, 0.1) is 12.5 Å². The van der Waals surface area contributed by atoms with Crippen LogP contribution in [0.2, 0.25) is 0 Å². The molecule has 0 aromatic rings. The van der Waals surface area contributed by atoms with Crippen molar-refractivity contribution in [1.29, 1.82) is 0 Å². The Morgan fingerprint density at radius 2 is 1.82 bits per heavy atom. The summed E-state index contributed by atoms with van der Waals surface area (Å²) >= 11 is 0. The summed E-state index contributed by atoms with van der Waals surface area (Å²) in [5.41, 5.74) is 0.913. The molecule has 2 unspecified atom stereocenters. The van der Waals surface area contributed by atoms with E-state index in [1.807, 2.05) is 13.8 Å². The number of hydrogen-bond acceptors (Lipinski definition) is 3. The second kappa shape index (κ2) is 7.22. The van der Waals surface area contributed by atoms with Gasteiger partial charge < -0.3 is 10.4 Å². The van der Waals surface area contributed by atoms with Gasteiger partial charge in [0, 0.05) is 12.5 Å². The van der Waals surface area contributed by atoms with Gasteiger partial charge in [0.2, 0.25) is 0 Å². The topological polar surface area (TPSA) is 66.4 Å². The first-order valence-corrected chi connectivity index (χ1v) is 5.90. The summed E-state index contributed by atoms with van der Waals surface area (Å²) in [5, 5.41) is 11.9. The molecule has 0 saturated carbocycles. The summed E-state index contributed by atoms with van der Waals surface area (Å²) in [6.07, 6.45) is 0.0502. The number of carboxylic acids is 1. The van der Waals surface area contributed by atoms with E-state index in [4.69, 9.17) is 5.11 Å². The van der Waals surface area contributed by atoms with Crippen LogP contribution in [0.15, 0.2) is 12.2 Å². The Morgan fingerprint density at radius 1 is 1.29 bits per heavy atom. The smallest absolute Gasteiger partial charge is 0.304 e. The Balaban J connectivity index is 4.44. The summed E-state index contributed by atoms with van der Waals surface area (Å²) in [6, 6.07) is -0.244. The molecule has 0 amide bonds. The molecule has 0 spiro atoms. The lowest BCUT2D eigenvalue weighted by Crippen LogP contribution is -2.37. The van der Waals surface area contributed by atoms with E-state index < -0.39 is 5.97 Å². The van der Waals surface area contributed by atoms with Crippen molar-refractivity contribution in [2.24, 2.45) is 11.8 Å². The Morgan fingerprint density at radius 3 is 2.18 bits per heavy atom. The van der Waals surface area contributed by atoms with Gasteiger partial charge in [-0.1, -0.05) is 26.0 Å². The van der Waals surface area contributed by atoms with E-state index >= 15 is 0 Å². The fourth-order valence-electron chi connectivity index (χ4n) is 1.48. The molecule has 0 rings (SSSR count). The Bertz CT molecular complexity index is 297. The number of Topliss-reactive ketones (excluding diaryl/α,β-unsaturated/α-hetero) is 1. The lowest BCUT2D eigenvalue weighted by atomic mass is 9.88. The quantitative estimate of drug-likeness (QED) is 0.636. The average Bonchev–Trinajstić information content (AvgIpc) is 2.21. The number of carboxylic acid groups (broad SMARTS) is 1. The van der Waals surface area contributed by atoms with Gasteiger partial charge in [-0.05, 0) is 19.8 Å². The largest absolute Gasteiger partial charge is 0.481 e. The molecule has 0 aromatic carbocycles. The molecule has 0 saturated heterocycles. The molecule has 0 aliphatic carbocycles. The molecule has 98 valence electrons. The standard InChI is InChI=1S/C13H23NO3/c1-8(2)9(3)12(6-13(16)17)7-14-10(4)11(5)15/h8,10,12,14H,3,6-7H2,1-2,4-5H3,(H,16,17). The second-order valence-electron chi connectivity index (χ2n) is 4.76. The van der Waals surface area contributed by atoms with Crippen molar-refractivity contribution >= 4 is 11.8 Å². The molecule has 4 heteroatoms. The highest BCUT2D eigenvalue weighted by molar-refractivity contribution is 5.80. The van der Waals surface area contributed by atoms with Gasteiger partial charge in [-0.3, -0.25) is 9.59 Å². The van der Waals surface area contributed by atoms with Crippen LogP contribution in [0.3, 0.4) is 0 Å². The molecule has 2 atom stereocenters. The van der Waals surface area contributed by atoms with Crippen LogP contribution in [0, 0.1) is 11.8 Å². The van der Waals surface area contributed by atoms with Crippen LogP contribution in [0.25, 0.3) is 0 Å². The van der Waals surface area contributed by atoms with Crippen molar-refractivity contribution in [2.45, 2.75) is 40.2 Å². The molecule has 2 N–H and O–H groups in total. The third-order valence-corrected chi connectivity index (χ3v) is 2.97. The van der Waals surface area contributed by atoms with Crippen molar-refractivity contribution in [3.8, 4) is 0 Å². The average molecular weight is 241 g/mol. The maximum absolute atomic E-state index is 11.1. The Kier molecular flexibility index (Phi) is 6.73. The van der Waals surface area contributed by atoms with Crippen LogP contribution in [0.5, 0.6) is 0 Å². The molecule has 0 radical (unpaired) electrons. The molecule has 0 fully saturated rings. The minimum Gasteiger partial charge on any atom is -0.481 e. The van der Waals surface area contributed by atoms with Crippen molar-refractivity contribution in [3.63, 3.8) is 0 Å². The van der Waals surface area contributed by atoms with Gasteiger partial charge in [0.1, 0.15) is 5.78 Å². The van der Waals surface area contributed by atoms with Crippen LogP contribution < -0.4 is 5.32 Å². The number of hydrogen-bond donors (Lipinski definition) is 2. The minimum atomic E-state index is -0.839. The van der Waals surface area contributed by atoms with Gasteiger partial charge >= 0.3 is 5.97 Å². The third-order valence-electron chi connectivity index (χ3n) is 2.97. The predicted octanol–water partition coefficient (Wildman–Crippen LogP) is 1.86. The van der Waals surface area contributed by atoms with Crippen LogP contribution in [0.4, 0.5) is 0 Å². The summed E-state index contributed by atoms with van der Waals surface area (Å²) in [7, 11) is 0. The number of carbonyl (C=O) groups excluding carboxylic acids is 1. The maximum Gasteiger partial charge on any atom is 0.304 e. The number of rotatable bonds is 8. The normalized spacial score (nSPS) is 14.4. The first kappa shape index (κ1) is 15.8. The molecule has 0 bridgehead atoms. The third kappa shape index (κ3) is 6.22. The Hall–Kier alpha value is -1.16. The van der Waals surface area contributed by atoms with E-state index in [1.165, 1.54) is 6.92 Å². The van der Waals surface area contributed by atoms with Gasteiger partial charge in [-0.2, -0.15) is 0 Å². The Labute approximate surface area is 103 Å². The van der Waals surface area contributed by atoms with Crippen molar-refractivity contribution in [3.05, 3.63) is 12.2 Å². The van der Waals surface area contributed by atoms with Crippen molar-refractivity contribution < 1.29 is 14.7 Å². The highest BCUT2D eigenvalue weighted by Crippen LogP contribution is 2.20. The van der Waals surface area contributed by atoms with E-state index in [9.17, 15) is 9.59 Å². The predicted molar refractivity (Wildman–Crippen MR) is 67.9 cm³/mol. The summed E-state index contributed by atoms with van der Waals surface area (Å²) in [4.78, 5) is 21.9. The monoisotopic (exact) mass is 241 g/mol. The molecular weight excluding hydrogens is 218 g/mol. The zero-order chi connectivity index (χ0) is 13.6. The number of carbonyl (C=O) groups is 2. The van der Waals surface area contributed by atoms with Crippen LogP contribution in [-0.2, 0) is 9.59 Å². The van der Waals surface area contributed by atoms with E-state index in [0.717, 1.165) is 5.57 Å². The first-order chi connectivity index (χ1) is 7.75. The molecule has 17 heavy (non-hydrogen) atoms. The summed E-state index contributed by atoms with van der Waals surface area (Å²) < 4.78 is 0. The van der Waals surface area contributed by atoms with Gasteiger partial charge in [0.25, 0.3) is 0 Å². The zero-order valence-electron chi connectivity index (χ0n) is 11.1. The molecule has 0 aromatic heterocycles. The van der Waals surface area contributed by atoms with Crippen LogP contribution >= 0.6 is 0 Å². The van der Waals surface area contributed by atoms with Gasteiger partial charge in [-0.25, -0.2) is 0 Å². The van der Waals surface area contributed by atoms with Crippen LogP contribution in [0.1, 0.15) is 34.1 Å². The van der Waals surface area contributed by atoms with Crippen molar-refractivity contribution in [2.75, 3.05) is 6.54 Å². The van der Waals surface area contributed by atoms with Gasteiger partial charge in [0.15, 0.2) is 0 Å². The molecule has 4 nitrogen and oxygen atoms in total. The molecule has 0 aliphatic heterocycles. The fraction of sp³-hybridized carbons (Fsp3) is 0.692. The van der Waals surface area contributed by atoms with E-state index in [-0.39, 0.29) is 30.1 Å².